The molecule has 110 valence electrons. The van der Waals surface area contributed by atoms with Crippen molar-refractivity contribution in [3.8, 4) is 0 Å². The summed E-state index contributed by atoms with van der Waals surface area (Å²) in [5.74, 6) is 0.927. The van der Waals surface area contributed by atoms with Crippen LogP contribution in [0, 0.1) is 11.8 Å². The standard InChI is InChI=1S/C15H29N3O/c1-4-10(2)14(16)15(19)17-9-11-7-12-5-6-13(8-11)18(12)3/h10-14H,4-9,16H2,1-3H3,(H,17,19). The van der Waals surface area contributed by atoms with E-state index < -0.39 is 0 Å². The normalized spacial score (nSPS) is 34.0. The monoisotopic (exact) mass is 267 g/mol. The van der Waals surface area contributed by atoms with Gasteiger partial charge in [0.1, 0.15) is 0 Å². The Bertz CT molecular complexity index is 307. The van der Waals surface area contributed by atoms with Gasteiger partial charge in [-0.2, -0.15) is 0 Å². The lowest BCUT2D eigenvalue weighted by Crippen LogP contribution is -2.48. The van der Waals surface area contributed by atoms with Crippen LogP contribution in [0.15, 0.2) is 0 Å². The van der Waals surface area contributed by atoms with Crippen LogP contribution in [-0.4, -0.2) is 42.5 Å². The Kier molecular flexibility index (Phi) is 4.85. The van der Waals surface area contributed by atoms with Crippen molar-refractivity contribution in [2.24, 2.45) is 17.6 Å². The third kappa shape index (κ3) is 3.29. The number of carbonyl (C=O) groups excluding carboxylic acids is 1. The zero-order valence-corrected chi connectivity index (χ0v) is 12.6. The molecule has 0 radical (unpaired) electrons. The molecule has 0 aliphatic carbocycles. The van der Waals surface area contributed by atoms with Crippen molar-refractivity contribution >= 4 is 5.91 Å². The number of rotatable bonds is 5. The molecule has 4 atom stereocenters. The summed E-state index contributed by atoms with van der Waals surface area (Å²) in [5, 5.41) is 3.07. The molecule has 2 rings (SSSR count). The average Bonchev–Trinajstić information content (AvgIpc) is 2.65. The molecule has 2 saturated heterocycles. The molecule has 2 fully saturated rings. The van der Waals surface area contributed by atoms with Gasteiger partial charge in [0.25, 0.3) is 0 Å². The van der Waals surface area contributed by atoms with Crippen molar-refractivity contribution in [1.82, 2.24) is 10.2 Å². The third-order valence-electron chi connectivity index (χ3n) is 5.32. The Labute approximate surface area is 117 Å². The summed E-state index contributed by atoms with van der Waals surface area (Å²) in [4.78, 5) is 14.5. The molecule has 2 bridgehead atoms. The maximum atomic E-state index is 12.0. The number of fused-ring (bicyclic) bond motifs is 2. The molecule has 2 aliphatic heterocycles. The predicted molar refractivity (Wildman–Crippen MR) is 77.7 cm³/mol. The maximum Gasteiger partial charge on any atom is 0.237 e. The number of nitrogens with one attached hydrogen (secondary N) is 1. The summed E-state index contributed by atoms with van der Waals surface area (Å²) in [6, 6.07) is 1.13. The number of nitrogens with two attached hydrogens (primary N) is 1. The van der Waals surface area contributed by atoms with Crippen LogP contribution < -0.4 is 11.1 Å². The van der Waals surface area contributed by atoms with E-state index in [4.69, 9.17) is 5.73 Å². The molecule has 3 N–H and O–H groups in total. The second kappa shape index (κ2) is 6.23. The van der Waals surface area contributed by atoms with E-state index in [0.29, 0.717) is 5.92 Å². The molecule has 1 amide bonds. The van der Waals surface area contributed by atoms with Crippen LogP contribution in [0.4, 0.5) is 0 Å². The summed E-state index contributed by atoms with van der Waals surface area (Å²) in [7, 11) is 2.25. The van der Waals surface area contributed by atoms with Gasteiger partial charge in [-0.3, -0.25) is 4.79 Å². The lowest BCUT2D eigenvalue weighted by atomic mass is 9.91. The topological polar surface area (TPSA) is 58.4 Å². The van der Waals surface area contributed by atoms with Crippen LogP contribution >= 0.6 is 0 Å². The SMILES string of the molecule is CCC(C)C(N)C(=O)NCC1CC2CCC(C1)N2C. The smallest absolute Gasteiger partial charge is 0.237 e. The van der Waals surface area contributed by atoms with Gasteiger partial charge in [-0.05, 0) is 44.6 Å². The van der Waals surface area contributed by atoms with Gasteiger partial charge in [0, 0.05) is 18.6 Å². The molecule has 2 aliphatic rings. The van der Waals surface area contributed by atoms with Crippen molar-refractivity contribution in [3.63, 3.8) is 0 Å². The molecule has 0 aromatic carbocycles. The minimum atomic E-state index is -0.354. The van der Waals surface area contributed by atoms with Gasteiger partial charge in [0.05, 0.1) is 6.04 Å². The van der Waals surface area contributed by atoms with E-state index in [0.717, 1.165) is 25.0 Å². The lowest BCUT2D eigenvalue weighted by molar-refractivity contribution is -0.123. The number of nitrogens with zero attached hydrogens (tertiary/aromatic N) is 1. The van der Waals surface area contributed by atoms with Crippen LogP contribution in [0.2, 0.25) is 0 Å². The molecule has 4 unspecified atom stereocenters. The van der Waals surface area contributed by atoms with Gasteiger partial charge < -0.3 is 16.0 Å². The highest BCUT2D eigenvalue weighted by Gasteiger charge is 2.38. The maximum absolute atomic E-state index is 12.0. The quantitative estimate of drug-likeness (QED) is 0.790. The minimum Gasteiger partial charge on any atom is -0.354 e. The van der Waals surface area contributed by atoms with E-state index in [2.05, 4.69) is 24.2 Å². The second-order valence-electron chi connectivity index (χ2n) is 6.54. The molecule has 0 aromatic heterocycles. The van der Waals surface area contributed by atoms with Gasteiger partial charge in [-0.1, -0.05) is 20.3 Å². The number of carbonyl (C=O) groups is 1. The van der Waals surface area contributed by atoms with Crippen LogP contribution in [0.3, 0.4) is 0 Å². The van der Waals surface area contributed by atoms with Crippen LogP contribution in [0.25, 0.3) is 0 Å². The van der Waals surface area contributed by atoms with Crippen molar-refractivity contribution in [3.05, 3.63) is 0 Å². The van der Waals surface area contributed by atoms with Gasteiger partial charge >= 0.3 is 0 Å². The van der Waals surface area contributed by atoms with E-state index in [1.807, 2.05) is 6.92 Å². The Balaban J connectivity index is 1.76. The van der Waals surface area contributed by atoms with Crippen molar-refractivity contribution in [2.75, 3.05) is 13.6 Å². The average molecular weight is 267 g/mol. The minimum absolute atomic E-state index is 0.0284. The largest absolute Gasteiger partial charge is 0.354 e. The number of hydrogen-bond acceptors (Lipinski definition) is 3. The number of hydrogen-bond donors (Lipinski definition) is 2. The molecule has 2 heterocycles. The third-order valence-corrected chi connectivity index (χ3v) is 5.32. The molecular formula is C15H29N3O. The first kappa shape index (κ1) is 14.8. The van der Waals surface area contributed by atoms with Crippen molar-refractivity contribution < 1.29 is 4.79 Å². The van der Waals surface area contributed by atoms with Crippen molar-refractivity contribution in [1.29, 1.82) is 0 Å². The van der Waals surface area contributed by atoms with E-state index in [1.54, 1.807) is 0 Å². The molecule has 4 heteroatoms. The van der Waals surface area contributed by atoms with E-state index >= 15 is 0 Å². The summed E-state index contributed by atoms with van der Waals surface area (Å²) < 4.78 is 0. The van der Waals surface area contributed by atoms with Crippen LogP contribution in [-0.2, 0) is 4.79 Å². The fraction of sp³-hybridized carbons (Fsp3) is 0.933. The first-order valence-corrected chi connectivity index (χ1v) is 7.78. The van der Waals surface area contributed by atoms with E-state index in [-0.39, 0.29) is 17.9 Å². The Morgan fingerprint density at radius 3 is 2.47 bits per heavy atom. The Hall–Kier alpha value is -0.610. The molecule has 19 heavy (non-hydrogen) atoms. The highest BCUT2D eigenvalue weighted by molar-refractivity contribution is 5.81. The summed E-state index contributed by atoms with van der Waals surface area (Å²) >= 11 is 0. The van der Waals surface area contributed by atoms with E-state index in [9.17, 15) is 4.79 Å². The summed E-state index contributed by atoms with van der Waals surface area (Å²) in [6.07, 6.45) is 6.07. The molecule has 0 aromatic rings. The fourth-order valence-electron chi connectivity index (χ4n) is 3.57. The molecular weight excluding hydrogens is 238 g/mol. The first-order chi connectivity index (χ1) is 9.02. The van der Waals surface area contributed by atoms with Gasteiger partial charge in [-0.25, -0.2) is 0 Å². The second-order valence-corrected chi connectivity index (χ2v) is 6.54. The number of amides is 1. The predicted octanol–water partition coefficient (Wildman–Crippen LogP) is 1.35. The summed E-state index contributed by atoms with van der Waals surface area (Å²) in [6.45, 7) is 4.93. The van der Waals surface area contributed by atoms with Gasteiger partial charge in [0.15, 0.2) is 0 Å². The Morgan fingerprint density at radius 2 is 1.95 bits per heavy atom. The van der Waals surface area contributed by atoms with E-state index in [1.165, 1.54) is 25.7 Å². The lowest BCUT2D eigenvalue weighted by Gasteiger charge is -2.36. The zero-order valence-electron chi connectivity index (χ0n) is 12.6. The summed E-state index contributed by atoms with van der Waals surface area (Å²) in [5.41, 5.74) is 5.96. The molecule has 0 saturated carbocycles. The highest BCUT2D eigenvalue weighted by atomic mass is 16.2. The van der Waals surface area contributed by atoms with Crippen LogP contribution in [0.1, 0.15) is 46.0 Å². The van der Waals surface area contributed by atoms with Gasteiger partial charge in [0.2, 0.25) is 5.91 Å². The molecule has 0 spiro atoms. The van der Waals surface area contributed by atoms with Crippen LogP contribution in [0.5, 0.6) is 0 Å². The molecule has 4 nitrogen and oxygen atoms in total. The highest BCUT2D eigenvalue weighted by Crippen LogP contribution is 2.36. The number of piperidine rings is 1. The Morgan fingerprint density at radius 1 is 1.37 bits per heavy atom. The fourth-order valence-corrected chi connectivity index (χ4v) is 3.57. The zero-order chi connectivity index (χ0) is 14.0. The van der Waals surface area contributed by atoms with Gasteiger partial charge in [-0.15, -0.1) is 0 Å². The first-order valence-electron chi connectivity index (χ1n) is 7.78. The van der Waals surface area contributed by atoms with Crippen molar-refractivity contribution in [2.45, 2.75) is 64.1 Å².